The van der Waals surface area contributed by atoms with Crippen LogP contribution in [0.1, 0.15) is 58.9 Å². The van der Waals surface area contributed by atoms with E-state index in [2.05, 4.69) is 21.9 Å². The van der Waals surface area contributed by atoms with Crippen LogP contribution in [-0.2, 0) is 33.9 Å². The number of benzene rings is 1. The Morgan fingerprint density at radius 3 is 2.40 bits per heavy atom. The number of nitrogens with zero attached hydrogens (tertiary/aromatic N) is 6. The van der Waals surface area contributed by atoms with Crippen molar-refractivity contribution in [1.82, 2.24) is 39.9 Å². The fourth-order valence-corrected chi connectivity index (χ4v) is 9.36. The Hall–Kier alpha value is -5.20. The lowest BCUT2D eigenvalue weighted by Gasteiger charge is -2.35. The Balaban J connectivity index is 1.23. The SMILES string of the molecule is C=C[C@@H]1C[C@@]1(NC(=O)[C@@H]1C[C@@H](n2nc(-c3ccc(OC)cc3)c(-c3nccs3)n2)CN1C(=O)[C@H](C(=O)OC1CCC1)C(C)(C)C)C(=O)NS(=O)(=O)c1cnccc1Cl. The number of carbonyl (C=O) groups excluding carboxylic acids is 4. The second-order valence-corrected chi connectivity index (χ2v) is 18.7. The summed E-state index contributed by atoms with van der Waals surface area (Å²) in [4.78, 5) is 67.5. The topological polar surface area (TPSA) is 205 Å². The fraction of sp³-hybridized carbons (Fsp3) is 0.436. The monoisotopic (exact) mass is 850 g/mol. The minimum atomic E-state index is -4.51. The Labute approximate surface area is 344 Å². The van der Waals surface area contributed by atoms with Gasteiger partial charge < -0.3 is 19.7 Å². The average Bonchev–Trinajstić information content (AvgIpc) is 3.61. The second-order valence-electron chi connectivity index (χ2n) is 15.7. The summed E-state index contributed by atoms with van der Waals surface area (Å²) >= 11 is 7.49. The predicted molar refractivity (Wildman–Crippen MR) is 213 cm³/mol. The quantitative estimate of drug-likeness (QED) is 0.108. The van der Waals surface area contributed by atoms with Gasteiger partial charge in [-0.05, 0) is 61.4 Å². The maximum atomic E-state index is 14.7. The van der Waals surface area contributed by atoms with Crippen molar-refractivity contribution < 1.29 is 37.1 Å². The molecule has 3 aliphatic rings. The van der Waals surface area contributed by atoms with Gasteiger partial charge in [-0.1, -0.05) is 38.4 Å². The van der Waals surface area contributed by atoms with E-state index in [9.17, 15) is 27.6 Å². The smallest absolute Gasteiger partial charge is 0.319 e. The summed E-state index contributed by atoms with van der Waals surface area (Å²) in [6, 6.07) is 6.62. The third-order valence-corrected chi connectivity index (χ3v) is 13.4. The second kappa shape index (κ2) is 15.9. The van der Waals surface area contributed by atoms with Gasteiger partial charge in [0.2, 0.25) is 11.8 Å². The number of hydrogen-bond acceptors (Lipinski definition) is 13. The summed E-state index contributed by atoms with van der Waals surface area (Å²) in [6.45, 7) is 8.97. The lowest BCUT2D eigenvalue weighted by Crippen LogP contribution is -2.57. The fourth-order valence-electron chi connectivity index (χ4n) is 7.26. The number of esters is 1. The molecule has 4 aromatic rings. The Morgan fingerprint density at radius 2 is 1.81 bits per heavy atom. The van der Waals surface area contributed by atoms with Gasteiger partial charge in [-0.3, -0.25) is 24.2 Å². The van der Waals surface area contributed by atoms with E-state index in [4.69, 9.17) is 31.3 Å². The number of rotatable bonds is 13. The predicted octanol–water partition coefficient (Wildman–Crippen LogP) is 4.59. The Bertz CT molecular complexity index is 2340. The first-order valence-corrected chi connectivity index (χ1v) is 21.4. The number of aromatic nitrogens is 5. The molecule has 19 heteroatoms. The number of thiazole rings is 1. The van der Waals surface area contributed by atoms with Crippen molar-refractivity contribution in [2.24, 2.45) is 17.3 Å². The van der Waals surface area contributed by atoms with E-state index in [1.165, 1.54) is 39.4 Å². The van der Waals surface area contributed by atoms with Crippen LogP contribution in [0.2, 0.25) is 5.02 Å². The van der Waals surface area contributed by atoms with Gasteiger partial charge in [0.1, 0.15) is 50.6 Å². The maximum absolute atomic E-state index is 14.7. The first-order valence-electron chi connectivity index (χ1n) is 18.7. The van der Waals surface area contributed by atoms with E-state index >= 15 is 0 Å². The van der Waals surface area contributed by atoms with E-state index in [-0.39, 0.29) is 30.5 Å². The summed E-state index contributed by atoms with van der Waals surface area (Å²) in [7, 11) is -2.94. The highest BCUT2D eigenvalue weighted by Gasteiger charge is 2.62. The van der Waals surface area contributed by atoms with Gasteiger partial charge in [0.15, 0.2) is 0 Å². The molecule has 1 aliphatic heterocycles. The largest absolute Gasteiger partial charge is 0.497 e. The number of amides is 3. The highest BCUT2D eigenvalue weighted by Crippen LogP contribution is 2.46. The lowest BCUT2D eigenvalue weighted by atomic mass is 9.79. The molecule has 2 aliphatic carbocycles. The number of pyridine rings is 1. The molecule has 7 rings (SSSR count). The number of sulfonamides is 1. The van der Waals surface area contributed by atoms with Crippen molar-refractivity contribution in [3.05, 3.63) is 72.0 Å². The molecular weight excluding hydrogens is 808 g/mol. The molecule has 4 heterocycles. The van der Waals surface area contributed by atoms with Gasteiger partial charge in [0, 0.05) is 48.4 Å². The number of likely N-dealkylation sites (tertiary alicyclic amines) is 1. The molecule has 1 saturated heterocycles. The maximum Gasteiger partial charge on any atom is 0.319 e. The highest BCUT2D eigenvalue weighted by molar-refractivity contribution is 7.90. The van der Waals surface area contributed by atoms with Gasteiger partial charge in [-0.2, -0.15) is 9.90 Å². The summed E-state index contributed by atoms with van der Waals surface area (Å²) in [5.41, 5.74) is -0.904. The molecule has 0 radical (unpaired) electrons. The molecule has 0 unspecified atom stereocenters. The lowest BCUT2D eigenvalue weighted by molar-refractivity contribution is -0.169. The third-order valence-electron chi connectivity index (χ3n) is 10.8. The van der Waals surface area contributed by atoms with Crippen LogP contribution in [0.4, 0.5) is 0 Å². The third kappa shape index (κ3) is 7.96. The molecule has 0 bridgehead atoms. The summed E-state index contributed by atoms with van der Waals surface area (Å²) < 4.78 is 39.7. The average molecular weight is 851 g/mol. The van der Waals surface area contributed by atoms with Gasteiger partial charge in [-0.15, -0.1) is 23.0 Å². The normalized spacial score (nSPS) is 22.4. The van der Waals surface area contributed by atoms with Crippen LogP contribution < -0.4 is 14.8 Å². The van der Waals surface area contributed by atoms with Crippen LogP contribution >= 0.6 is 22.9 Å². The van der Waals surface area contributed by atoms with Gasteiger partial charge >= 0.3 is 5.97 Å². The number of ether oxygens (including phenoxy) is 2. The van der Waals surface area contributed by atoms with Crippen molar-refractivity contribution in [3.8, 4) is 27.7 Å². The molecule has 2 saturated carbocycles. The number of halogens is 1. The Morgan fingerprint density at radius 1 is 1.09 bits per heavy atom. The Kier molecular flexibility index (Phi) is 11.2. The summed E-state index contributed by atoms with van der Waals surface area (Å²) in [5, 5.41) is 14.8. The van der Waals surface area contributed by atoms with Crippen LogP contribution in [0, 0.1) is 17.3 Å². The molecule has 16 nitrogen and oxygen atoms in total. The zero-order chi connectivity index (χ0) is 41.6. The van der Waals surface area contributed by atoms with Crippen LogP contribution in [0.15, 0.2) is 71.9 Å². The molecule has 306 valence electrons. The molecule has 3 amide bonds. The molecule has 5 atom stereocenters. The van der Waals surface area contributed by atoms with Crippen LogP contribution in [0.3, 0.4) is 0 Å². The zero-order valence-corrected chi connectivity index (χ0v) is 34.6. The van der Waals surface area contributed by atoms with Gasteiger partial charge in [0.25, 0.3) is 15.9 Å². The number of nitrogens with one attached hydrogen (secondary N) is 2. The molecule has 0 spiro atoms. The van der Waals surface area contributed by atoms with Crippen molar-refractivity contribution in [3.63, 3.8) is 0 Å². The van der Waals surface area contributed by atoms with E-state index in [1.807, 2.05) is 22.2 Å². The van der Waals surface area contributed by atoms with Crippen molar-refractivity contribution >= 4 is 56.7 Å². The molecule has 2 N–H and O–H groups in total. The molecule has 1 aromatic carbocycles. The van der Waals surface area contributed by atoms with Gasteiger partial charge in [-0.25, -0.2) is 18.1 Å². The van der Waals surface area contributed by atoms with Crippen LogP contribution in [-0.4, -0.2) is 93.3 Å². The van der Waals surface area contributed by atoms with Gasteiger partial charge in [0.05, 0.1) is 18.2 Å². The standard InChI is InChI=1S/C39H43ClN8O8S2/c1-6-23-19-39(23,37(52)46-58(53,54)29-20-41-15-14-27(29)40)43-33(49)28-18-24(21-47(28)35(50)30(38(2,3)4)36(51)56-26-8-7-9-26)48-44-31(22-10-12-25(55-5)13-11-22)32(45-48)34-42-16-17-57-34/h6,10-17,20,23-24,26,28,30H,1,7-9,18-19,21H2,2-5H3,(H,43,49)(H,46,52)/t23-,24-,28+,30-,39+/m1/s1. The summed E-state index contributed by atoms with van der Waals surface area (Å²) in [5.74, 6) is -4.34. The van der Waals surface area contributed by atoms with Crippen molar-refractivity contribution in [2.75, 3.05) is 13.7 Å². The number of methoxy groups -OCH3 is 1. The van der Waals surface area contributed by atoms with E-state index < -0.39 is 73.5 Å². The minimum absolute atomic E-state index is 0.0137. The highest BCUT2D eigenvalue weighted by atomic mass is 35.5. The van der Waals surface area contributed by atoms with Crippen molar-refractivity contribution in [1.29, 1.82) is 0 Å². The number of hydrogen-bond donors (Lipinski definition) is 2. The van der Waals surface area contributed by atoms with Crippen LogP contribution in [0.25, 0.3) is 22.0 Å². The van der Waals surface area contributed by atoms with Crippen molar-refractivity contribution in [2.45, 2.75) is 81.5 Å². The summed E-state index contributed by atoms with van der Waals surface area (Å²) in [6.07, 6.45) is 7.47. The first-order chi connectivity index (χ1) is 27.6. The number of carbonyl (C=O) groups is 4. The first kappa shape index (κ1) is 41.0. The molecule has 58 heavy (non-hydrogen) atoms. The molecular formula is C39H43ClN8O8S2. The minimum Gasteiger partial charge on any atom is -0.497 e. The van der Waals surface area contributed by atoms with E-state index in [1.54, 1.807) is 46.2 Å². The molecule has 3 aromatic heterocycles. The van der Waals surface area contributed by atoms with E-state index in [0.717, 1.165) is 18.2 Å². The zero-order valence-electron chi connectivity index (χ0n) is 32.3. The molecule has 3 fully saturated rings. The van der Waals surface area contributed by atoms with Crippen LogP contribution in [0.5, 0.6) is 5.75 Å². The van der Waals surface area contributed by atoms with E-state index in [0.29, 0.717) is 35.0 Å².